The molecule has 0 fully saturated rings. The van der Waals surface area contributed by atoms with Crippen LogP contribution in [0.5, 0.6) is 17.2 Å². The van der Waals surface area contributed by atoms with Crippen molar-refractivity contribution < 1.29 is 33.1 Å². The number of rotatable bonds is 7. The van der Waals surface area contributed by atoms with Crippen LogP contribution in [0, 0.1) is 6.92 Å². The summed E-state index contributed by atoms with van der Waals surface area (Å²) in [5.41, 5.74) is 6.20. The van der Waals surface area contributed by atoms with Gasteiger partial charge < -0.3 is 24.7 Å². The number of methoxy groups -OCH3 is 1. The second-order valence-corrected chi connectivity index (χ2v) is 7.39. The molecular formula is C22H25N2O6+. The zero-order chi connectivity index (χ0) is 22.1. The maximum atomic E-state index is 13.4. The summed E-state index contributed by atoms with van der Waals surface area (Å²) in [5, 5.41) is 10.1. The number of quaternary nitrogens is 1. The number of carbonyl (C=O) groups excluding carboxylic acids is 2. The first-order valence-electron chi connectivity index (χ1n) is 9.33. The molecule has 0 bridgehead atoms. The van der Waals surface area contributed by atoms with Crippen molar-refractivity contribution >= 4 is 22.8 Å². The van der Waals surface area contributed by atoms with Crippen LogP contribution in [-0.4, -0.2) is 55.3 Å². The fourth-order valence-corrected chi connectivity index (χ4v) is 3.40. The highest BCUT2D eigenvalue weighted by Gasteiger charge is 2.42. The number of para-hydroxylation sites is 2. The lowest BCUT2D eigenvalue weighted by Gasteiger charge is -2.32. The molecular weight excluding hydrogens is 388 g/mol. The van der Waals surface area contributed by atoms with Crippen LogP contribution in [0.25, 0.3) is 11.0 Å². The molecule has 0 radical (unpaired) electrons. The van der Waals surface area contributed by atoms with Gasteiger partial charge in [-0.05, 0) is 37.3 Å². The van der Waals surface area contributed by atoms with E-state index in [0.717, 1.165) is 0 Å². The Balaban J connectivity index is 2.06. The van der Waals surface area contributed by atoms with E-state index in [2.05, 4.69) is 0 Å². The number of ether oxygens (including phenoxy) is 2. The third kappa shape index (κ3) is 3.74. The molecule has 2 aromatic carbocycles. The van der Waals surface area contributed by atoms with Gasteiger partial charge in [0.2, 0.25) is 0 Å². The van der Waals surface area contributed by atoms with E-state index in [4.69, 9.17) is 19.6 Å². The number of hydrogen-bond donors (Lipinski definition) is 2. The van der Waals surface area contributed by atoms with Crippen LogP contribution < -0.4 is 15.2 Å². The molecule has 30 heavy (non-hydrogen) atoms. The van der Waals surface area contributed by atoms with Gasteiger partial charge in [0, 0.05) is 5.39 Å². The van der Waals surface area contributed by atoms with Crippen LogP contribution >= 0.6 is 0 Å². The topological polar surface area (TPSA) is 112 Å². The maximum Gasteiger partial charge on any atom is 0.350 e. The van der Waals surface area contributed by atoms with Gasteiger partial charge in [-0.3, -0.25) is 4.79 Å². The SMILES string of the molecule is COc1ccccc1Oc1ccc2oc(C)c(C(=O)[N+](C)(C)C(CO)C(N)=O)c2c1. The molecule has 2 amide bonds. The van der Waals surface area contributed by atoms with E-state index in [1.807, 2.05) is 12.1 Å². The fourth-order valence-electron chi connectivity index (χ4n) is 3.40. The molecule has 0 saturated carbocycles. The summed E-state index contributed by atoms with van der Waals surface area (Å²) in [6.07, 6.45) is 0. The molecule has 0 spiro atoms. The molecule has 1 unspecified atom stereocenters. The van der Waals surface area contributed by atoms with Crippen LogP contribution in [0.4, 0.5) is 0 Å². The van der Waals surface area contributed by atoms with E-state index in [1.54, 1.807) is 44.4 Å². The van der Waals surface area contributed by atoms with E-state index >= 15 is 0 Å². The second kappa shape index (κ2) is 8.17. The minimum Gasteiger partial charge on any atom is -0.493 e. The lowest BCUT2D eigenvalue weighted by atomic mass is 10.1. The van der Waals surface area contributed by atoms with Gasteiger partial charge >= 0.3 is 5.91 Å². The van der Waals surface area contributed by atoms with Crippen molar-refractivity contribution in [2.45, 2.75) is 13.0 Å². The second-order valence-electron chi connectivity index (χ2n) is 7.39. The zero-order valence-electron chi connectivity index (χ0n) is 17.3. The van der Waals surface area contributed by atoms with Crippen LogP contribution in [0.15, 0.2) is 46.9 Å². The van der Waals surface area contributed by atoms with Gasteiger partial charge in [0.15, 0.2) is 17.5 Å². The molecule has 158 valence electrons. The number of aryl methyl sites for hydroxylation is 1. The third-order valence-corrected chi connectivity index (χ3v) is 5.15. The molecule has 0 saturated heterocycles. The van der Waals surface area contributed by atoms with E-state index in [0.29, 0.717) is 39.5 Å². The number of hydrogen-bond acceptors (Lipinski definition) is 6. The summed E-state index contributed by atoms with van der Waals surface area (Å²) in [4.78, 5) is 25.1. The largest absolute Gasteiger partial charge is 0.493 e. The molecule has 0 aliphatic rings. The lowest BCUT2D eigenvalue weighted by molar-refractivity contribution is -0.825. The number of fused-ring (bicyclic) bond motifs is 1. The molecule has 3 rings (SSSR count). The smallest absolute Gasteiger partial charge is 0.350 e. The number of carbonyl (C=O) groups is 2. The van der Waals surface area contributed by atoms with E-state index in [1.165, 1.54) is 14.1 Å². The van der Waals surface area contributed by atoms with E-state index in [-0.39, 0.29) is 0 Å². The number of nitrogens with two attached hydrogens (primary N) is 1. The average molecular weight is 413 g/mol. The predicted octanol–water partition coefficient (Wildman–Crippen LogP) is 2.60. The average Bonchev–Trinajstić information content (AvgIpc) is 3.02. The highest BCUT2D eigenvalue weighted by Crippen LogP contribution is 2.35. The Morgan fingerprint density at radius 2 is 1.83 bits per heavy atom. The van der Waals surface area contributed by atoms with E-state index < -0.39 is 28.9 Å². The minimum atomic E-state index is -1.09. The molecule has 0 aliphatic carbocycles. The summed E-state index contributed by atoms with van der Waals surface area (Å²) in [7, 11) is 4.61. The van der Waals surface area contributed by atoms with Crippen LogP contribution in [0.2, 0.25) is 0 Å². The lowest BCUT2D eigenvalue weighted by Crippen LogP contribution is -2.60. The van der Waals surface area contributed by atoms with Gasteiger partial charge in [0.25, 0.3) is 5.91 Å². The normalized spacial score (nSPS) is 12.6. The Kier molecular flexibility index (Phi) is 5.82. The summed E-state index contributed by atoms with van der Waals surface area (Å²) < 4.78 is 16.6. The number of aliphatic hydroxyl groups excluding tert-OH is 1. The maximum absolute atomic E-state index is 13.4. The van der Waals surface area contributed by atoms with Crippen LogP contribution in [0.3, 0.4) is 0 Å². The van der Waals surface area contributed by atoms with Gasteiger partial charge in [0.05, 0.1) is 21.2 Å². The van der Waals surface area contributed by atoms with Crippen molar-refractivity contribution in [1.29, 1.82) is 0 Å². The van der Waals surface area contributed by atoms with Crippen molar-refractivity contribution in [3.05, 3.63) is 53.8 Å². The number of primary amides is 1. The number of benzene rings is 2. The number of furan rings is 1. The van der Waals surface area contributed by atoms with Gasteiger partial charge in [-0.25, -0.2) is 9.28 Å². The summed E-state index contributed by atoms with van der Waals surface area (Å²) in [5.74, 6) is 0.817. The first-order chi connectivity index (χ1) is 14.2. The van der Waals surface area contributed by atoms with Gasteiger partial charge in [-0.2, -0.15) is 0 Å². The Bertz CT molecular complexity index is 1100. The Labute approximate surface area is 174 Å². The first-order valence-corrected chi connectivity index (χ1v) is 9.33. The van der Waals surface area contributed by atoms with Crippen molar-refractivity contribution in [2.75, 3.05) is 27.8 Å². The van der Waals surface area contributed by atoms with Crippen molar-refractivity contribution in [3.63, 3.8) is 0 Å². The van der Waals surface area contributed by atoms with Crippen molar-refractivity contribution in [1.82, 2.24) is 0 Å². The molecule has 8 heteroatoms. The van der Waals surface area contributed by atoms with Crippen molar-refractivity contribution in [2.24, 2.45) is 5.73 Å². The quantitative estimate of drug-likeness (QED) is 0.576. The summed E-state index contributed by atoms with van der Waals surface area (Å²) in [6.45, 7) is 1.12. The standard InChI is InChI=1S/C22H24N2O6/c1-13-20(22(27)24(2,3)16(12-25)21(23)26)15-11-14(9-10-17(15)29-13)30-19-8-6-5-7-18(19)28-4/h5-11,16,25H,12H2,1-4H3,(H-,23,26)/p+1. The number of likely N-dealkylation sites (N-methyl/N-ethyl adjacent to an activating group) is 1. The van der Waals surface area contributed by atoms with Crippen molar-refractivity contribution in [3.8, 4) is 17.2 Å². The fraction of sp³-hybridized carbons (Fsp3) is 0.273. The number of nitrogens with zero attached hydrogens (tertiary/aromatic N) is 1. The Hall–Kier alpha value is -3.36. The van der Waals surface area contributed by atoms with Crippen LogP contribution in [-0.2, 0) is 4.79 Å². The summed E-state index contributed by atoms with van der Waals surface area (Å²) >= 11 is 0. The molecule has 1 heterocycles. The van der Waals surface area contributed by atoms with Crippen LogP contribution in [0.1, 0.15) is 16.1 Å². The Morgan fingerprint density at radius 3 is 2.43 bits per heavy atom. The number of amides is 2. The first kappa shape index (κ1) is 21.4. The molecule has 0 aliphatic heterocycles. The Morgan fingerprint density at radius 1 is 1.17 bits per heavy atom. The molecule has 3 N–H and O–H groups in total. The van der Waals surface area contributed by atoms with Gasteiger partial charge in [0.1, 0.15) is 29.3 Å². The highest BCUT2D eigenvalue weighted by atomic mass is 16.5. The number of aliphatic hydroxyl groups is 1. The predicted molar refractivity (Wildman–Crippen MR) is 111 cm³/mol. The molecule has 3 aromatic rings. The monoisotopic (exact) mass is 413 g/mol. The van der Waals surface area contributed by atoms with E-state index in [9.17, 15) is 14.7 Å². The molecule has 1 aromatic heterocycles. The van der Waals surface area contributed by atoms with Gasteiger partial charge in [-0.15, -0.1) is 0 Å². The molecule has 1 atom stereocenters. The summed E-state index contributed by atoms with van der Waals surface area (Å²) in [6, 6.07) is 11.3. The third-order valence-electron chi connectivity index (χ3n) is 5.15. The van der Waals surface area contributed by atoms with Gasteiger partial charge in [-0.1, -0.05) is 12.1 Å². The molecule has 8 nitrogen and oxygen atoms in total. The zero-order valence-corrected chi connectivity index (χ0v) is 17.3. The minimum absolute atomic E-state index is 0.306. The highest BCUT2D eigenvalue weighted by molar-refractivity contribution is 6.05.